The third-order valence-corrected chi connectivity index (χ3v) is 7.67. The molecule has 1 N–H and O–H groups in total. The maximum Gasteiger partial charge on any atom is 0.245 e. The van der Waals surface area contributed by atoms with Crippen LogP contribution in [-0.4, -0.2) is 81.9 Å². The molecule has 1 saturated heterocycles. The lowest BCUT2D eigenvalue weighted by atomic mass is 10.1. The highest BCUT2D eigenvalue weighted by Crippen LogP contribution is 2.36. The molecule has 206 valence electrons. The zero-order valence-corrected chi connectivity index (χ0v) is 23.0. The van der Waals surface area contributed by atoms with Crippen molar-refractivity contribution in [3.05, 3.63) is 35.9 Å². The Bertz CT molecular complexity index is 1320. The van der Waals surface area contributed by atoms with E-state index in [4.69, 9.17) is 18.9 Å². The van der Waals surface area contributed by atoms with Gasteiger partial charge >= 0.3 is 0 Å². The molecule has 1 fully saturated rings. The molecule has 3 aromatic rings. The highest BCUT2D eigenvalue weighted by atomic mass is 32.2. The Morgan fingerprint density at radius 3 is 2.26 bits per heavy atom. The van der Waals surface area contributed by atoms with Gasteiger partial charge in [-0.1, -0.05) is 0 Å². The monoisotopic (exact) mass is 548 g/mol. The summed E-state index contributed by atoms with van der Waals surface area (Å²) in [6.07, 6.45) is 3.96. The minimum atomic E-state index is -4.13. The summed E-state index contributed by atoms with van der Waals surface area (Å²) in [4.78, 5) is 17.0. The number of methoxy groups -OCH3 is 2. The van der Waals surface area contributed by atoms with Gasteiger partial charge in [0.05, 0.1) is 26.9 Å². The summed E-state index contributed by atoms with van der Waals surface area (Å²) in [5, 5.41) is 7.40. The summed E-state index contributed by atoms with van der Waals surface area (Å²) < 4.78 is 54.0. The molecule has 3 atom stereocenters. The number of aromatic nitrogens is 7. The minimum Gasteiger partial charge on any atom is -0.479 e. The Morgan fingerprint density at radius 1 is 1.05 bits per heavy atom. The first-order chi connectivity index (χ1) is 18.2. The molecule has 38 heavy (non-hydrogen) atoms. The van der Waals surface area contributed by atoms with Gasteiger partial charge in [-0.2, -0.15) is 9.97 Å². The molecule has 4 heterocycles. The van der Waals surface area contributed by atoms with E-state index in [2.05, 4.69) is 34.9 Å². The second kappa shape index (κ2) is 11.5. The van der Waals surface area contributed by atoms with Gasteiger partial charge in [-0.3, -0.25) is 9.29 Å². The topological polar surface area (TPSA) is 165 Å². The van der Waals surface area contributed by atoms with Crippen LogP contribution in [0.1, 0.15) is 56.4 Å². The summed E-state index contributed by atoms with van der Waals surface area (Å²) >= 11 is 0. The molecule has 0 radical (unpaired) electrons. The largest absolute Gasteiger partial charge is 0.479 e. The number of anilines is 1. The number of aryl methyl sites for hydroxylation is 1. The van der Waals surface area contributed by atoms with Gasteiger partial charge < -0.3 is 18.9 Å². The molecular weight excluding hydrogens is 516 g/mol. The number of ether oxygens (including phenoxy) is 4. The number of nitrogens with zero attached hydrogens (tertiary/aromatic N) is 7. The van der Waals surface area contributed by atoms with Crippen LogP contribution in [0.3, 0.4) is 0 Å². The maximum atomic E-state index is 13.7. The summed E-state index contributed by atoms with van der Waals surface area (Å²) in [6, 6.07) is 0. The fourth-order valence-corrected chi connectivity index (χ4v) is 5.11. The van der Waals surface area contributed by atoms with Crippen LogP contribution < -0.4 is 14.2 Å². The van der Waals surface area contributed by atoms with Gasteiger partial charge in [0.15, 0.2) is 11.5 Å². The van der Waals surface area contributed by atoms with Gasteiger partial charge in [-0.05, 0) is 39.7 Å². The molecule has 0 spiro atoms. The molecule has 14 nitrogen and oxygen atoms in total. The molecule has 15 heteroatoms. The molecule has 0 saturated carbocycles. The third kappa shape index (κ3) is 5.68. The molecule has 0 aliphatic carbocycles. The highest BCUT2D eigenvalue weighted by molar-refractivity contribution is 7.93. The summed E-state index contributed by atoms with van der Waals surface area (Å²) in [6.45, 7) is 7.94. The van der Waals surface area contributed by atoms with Crippen LogP contribution in [-0.2, 0) is 19.5 Å². The van der Waals surface area contributed by atoms with Gasteiger partial charge in [0.2, 0.25) is 27.7 Å². The molecule has 1 aliphatic rings. The Kier molecular flexibility index (Phi) is 8.38. The Hall–Kier alpha value is -3.43. The van der Waals surface area contributed by atoms with Crippen molar-refractivity contribution < 1.29 is 27.4 Å². The molecule has 0 amide bonds. The van der Waals surface area contributed by atoms with Gasteiger partial charge in [0.1, 0.15) is 23.5 Å². The van der Waals surface area contributed by atoms with Crippen molar-refractivity contribution >= 4 is 16.0 Å². The second-order valence-electron chi connectivity index (χ2n) is 9.09. The maximum absolute atomic E-state index is 13.7. The fourth-order valence-electron chi connectivity index (χ4n) is 4.03. The van der Waals surface area contributed by atoms with Crippen LogP contribution in [0.25, 0.3) is 5.69 Å². The molecular formula is C23H32N8O6S. The lowest BCUT2D eigenvalue weighted by molar-refractivity contribution is 0.00152. The van der Waals surface area contributed by atoms with Crippen molar-refractivity contribution in [1.82, 2.24) is 34.7 Å². The van der Waals surface area contributed by atoms with E-state index in [1.807, 2.05) is 20.8 Å². The number of sulfonamides is 1. The van der Waals surface area contributed by atoms with Gasteiger partial charge in [0.25, 0.3) is 0 Å². The van der Waals surface area contributed by atoms with Crippen LogP contribution in [0.5, 0.6) is 11.8 Å². The van der Waals surface area contributed by atoms with Crippen molar-refractivity contribution in [2.24, 2.45) is 0 Å². The summed E-state index contributed by atoms with van der Waals surface area (Å²) in [7, 11) is -1.25. The Morgan fingerprint density at radius 2 is 1.71 bits per heavy atom. The first-order valence-corrected chi connectivity index (χ1v) is 13.6. The zero-order valence-electron chi connectivity index (χ0n) is 22.2. The van der Waals surface area contributed by atoms with Gasteiger partial charge in [-0.25, -0.2) is 18.4 Å². The van der Waals surface area contributed by atoms with E-state index in [9.17, 15) is 8.42 Å². The van der Waals surface area contributed by atoms with Crippen LogP contribution in [0.15, 0.2) is 18.7 Å². The summed E-state index contributed by atoms with van der Waals surface area (Å²) in [5.74, 6) is 0.783. The van der Waals surface area contributed by atoms with Crippen LogP contribution in [0.4, 0.5) is 5.95 Å². The molecule has 3 aromatic heterocycles. The highest BCUT2D eigenvalue weighted by Gasteiger charge is 2.37. The number of hydrogen-bond donors (Lipinski definition) is 1. The van der Waals surface area contributed by atoms with E-state index in [0.29, 0.717) is 25.5 Å². The van der Waals surface area contributed by atoms with Crippen LogP contribution in [0.2, 0.25) is 0 Å². The van der Waals surface area contributed by atoms with Crippen molar-refractivity contribution in [3.63, 3.8) is 0 Å². The Labute approximate surface area is 221 Å². The average molecular weight is 549 g/mol. The smallest absolute Gasteiger partial charge is 0.245 e. The third-order valence-electron chi connectivity index (χ3n) is 5.97. The van der Waals surface area contributed by atoms with E-state index in [-0.39, 0.29) is 41.2 Å². The molecule has 4 rings (SSSR count). The molecule has 1 aliphatic heterocycles. The fraction of sp³-hybridized carbons (Fsp3) is 0.565. The Balaban J connectivity index is 1.78. The van der Waals surface area contributed by atoms with Crippen molar-refractivity contribution in [3.8, 4) is 17.4 Å². The number of hydrogen-bond acceptors (Lipinski definition) is 12. The van der Waals surface area contributed by atoms with E-state index in [1.54, 1.807) is 12.4 Å². The molecule has 0 bridgehead atoms. The summed E-state index contributed by atoms with van der Waals surface area (Å²) in [5.41, 5.74) is 1.10. The minimum absolute atomic E-state index is 0.0849. The predicted octanol–water partition coefficient (Wildman–Crippen LogP) is 1.97. The standard InChI is InChI=1S/C23H32N8O6S/c1-13(2)37-18(19-24-9-14(3)10-25-19)15(4)38(32,33)30-23-29-28-20(16-7-8-36-11-16)31(23)17-21(34-5)26-12-27-22(17)35-6/h9-10,12-13,15-16,18H,7-8,11H2,1-6H3,(H,29,30)/t15-,16-,18+/m0/s1. The van der Waals surface area contributed by atoms with Gasteiger partial charge in [0, 0.05) is 24.9 Å². The van der Waals surface area contributed by atoms with E-state index >= 15 is 0 Å². The number of nitrogens with one attached hydrogen (secondary N) is 1. The van der Waals surface area contributed by atoms with Crippen LogP contribution >= 0.6 is 0 Å². The van der Waals surface area contributed by atoms with E-state index in [1.165, 1.54) is 32.0 Å². The first kappa shape index (κ1) is 27.6. The normalized spacial score (nSPS) is 17.4. The van der Waals surface area contributed by atoms with Gasteiger partial charge in [-0.15, -0.1) is 10.2 Å². The van der Waals surface area contributed by atoms with Crippen molar-refractivity contribution in [2.75, 3.05) is 32.2 Å². The van der Waals surface area contributed by atoms with Crippen molar-refractivity contribution in [1.29, 1.82) is 0 Å². The van der Waals surface area contributed by atoms with E-state index < -0.39 is 21.4 Å². The first-order valence-electron chi connectivity index (χ1n) is 12.1. The lowest BCUT2D eigenvalue weighted by Crippen LogP contribution is -2.35. The average Bonchev–Trinajstić information content (AvgIpc) is 3.56. The van der Waals surface area contributed by atoms with Crippen molar-refractivity contribution in [2.45, 2.75) is 57.5 Å². The predicted molar refractivity (Wildman–Crippen MR) is 136 cm³/mol. The zero-order chi connectivity index (χ0) is 27.4. The van der Waals surface area contributed by atoms with Crippen LogP contribution in [0, 0.1) is 6.92 Å². The van der Waals surface area contributed by atoms with E-state index in [0.717, 1.165) is 5.56 Å². The quantitative estimate of drug-likeness (QED) is 0.371. The SMILES string of the molecule is COc1ncnc(OC)c1-n1c(NS(=O)(=O)[C@@H](C)[C@@H](OC(C)C)c2ncc(C)cn2)nnc1[C@H]1CCOC1. The number of rotatable bonds is 11. The lowest BCUT2D eigenvalue weighted by Gasteiger charge is -2.25. The molecule has 0 aromatic carbocycles. The second-order valence-corrected chi connectivity index (χ2v) is 11.1. The molecule has 0 unspecified atom stereocenters.